The average Bonchev–Trinajstić information content (AvgIpc) is 2.28. The summed E-state index contributed by atoms with van der Waals surface area (Å²) in [6.45, 7) is 2.31. The summed E-state index contributed by atoms with van der Waals surface area (Å²) in [7, 11) is 0. The maximum Gasteiger partial charge on any atom is 0.224 e. The molecule has 0 aliphatic heterocycles. The van der Waals surface area contributed by atoms with E-state index in [1.54, 1.807) is 0 Å². The van der Waals surface area contributed by atoms with E-state index in [0.717, 1.165) is 18.1 Å². The second kappa shape index (κ2) is 6.38. The quantitative estimate of drug-likeness (QED) is 0.767. The maximum atomic E-state index is 11.6. The highest BCUT2D eigenvalue weighted by Gasteiger charge is 2.23. The zero-order valence-electron chi connectivity index (χ0n) is 9.66. The number of amides is 1. The zero-order valence-corrected chi connectivity index (χ0v) is 10.5. The lowest BCUT2D eigenvalue weighted by Crippen LogP contribution is -2.43. The number of hydrogen-bond acceptors (Lipinski definition) is 3. The highest BCUT2D eigenvalue weighted by molar-refractivity contribution is 7.99. The Balaban J connectivity index is 2.34. The van der Waals surface area contributed by atoms with E-state index in [0.29, 0.717) is 12.6 Å². The minimum atomic E-state index is -0.0559. The SMILES string of the molecule is CSC1CCCC(NC(=O)C(C)CN)C1. The Morgan fingerprint density at radius 3 is 2.93 bits per heavy atom. The lowest BCUT2D eigenvalue weighted by Gasteiger charge is -2.29. The molecule has 3 unspecified atom stereocenters. The van der Waals surface area contributed by atoms with Gasteiger partial charge in [0, 0.05) is 23.8 Å². The highest BCUT2D eigenvalue weighted by Crippen LogP contribution is 2.26. The van der Waals surface area contributed by atoms with E-state index in [4.69, 9.17) is 5.73 Å². The third kappa shape index (κ3) is 4.03. The lowest BCUT2D eigenvalue weighted by atomic mass is 9.94. The Morgan fingerprint density at radius 1 is 1.60 bits per heavy atom. The summed E-state index contributed by atoms with van der Waals surface area (Å²) in [5.41, 5.74) is 5.47. The second-order valence-corrected chi connectivity index (χ2v) is 5.50. The topological polar surface area (TPSA) is 55.1 Å². The van der Waals surface area contributed by atoms with Crippen molar-refractivity contribution < 1.29 is 4.79 Å². The molecule has 1 amide bonds. The summed E-state index contributed by atoms with van der Waals surface area (Å²) in [5.74, 6) is 0.0592. The van der Waals surface area contributed by atoms with Gasteiger partial charge in [0.1, 0.15) is 0 Å². The number of nitrogens with one attached hydrogen (secondary N) is 1. The molecule has 3 nitrogen and oxygen atoms in total. The van der Waals surface area contributed by atoms with Crippen molar-refractivity contribution in [3.63, 3.8) is 0 Å². The molecule has 0 spiro atoms. The van der Waals surface area contributed by atoms with Crippen LogP contribution in [0.15, 0.2) is 0 Å². The molecule has 3 atom stereocenters. The summed E-state index contributed by atoms with van der Waals surface area (Å²) < 4.78 is 0. The van der Waals surface area contributed by atoms with Gasteiger partial charge < -0.3 is 11.1 Å². The van der Waals surface area contributed by atoms with E-state index in [2.05, 4.69) is 11.6 Å². The van der Waals surface area contributed by atoms with Crippen molar-refractivity contribution in [2.24, 2.45) is 11.7 Å². The maximum absolute atomic E-state index is 11.6. The molecular weight excluding hydrogens is 208 g/mol. The Bertz CT molecular complexity index is 211. The van der Waals surface area contributed by atoms with Crippen molar-refractivity contribution in [3.8, 4) is 0 Å². The lowest BCUT2D eigenvalue weighted by molar-refractivity contribution is -0.125. The number of carbonyl (C=O) groups is 1. The van der Waals surface area contributed by atoms with E-state index < -0.39 is 0 Å². The van der Waals surface area contributed by atoms with Crippen molar-refractivity contribution in [2.75, 3.05) is 12.8 Å². The molecule has 0 bridgehead atoms. The molecule has 0 aromatic carbocycles. The van der Waals surface area contributed by atoms with Crippen molar-refractivity contribution in [1.29, 1.82) is 0 Å². The van der Waals surface area contributed by atoms with Gasteiger partial charge in [-0.05, 0) is 25.5 Å². The van der Waals surface area contributed by atoms with Gasteiger partial charge in [-0.25, -0.2) is 0 Å². The molecule has 4 heteroatoms. The van der Waals surface area contributed by atoms with E-state index in [1.165, 1.54) is 12.8 Å². The molecule has 88 valence electrons. The molecule has 1 aliphatic rings. The van der Waals surface area contributed by atoms with Gasteiger partial charge in [-0.3, -0.25) is 4.79 Å². The molecule has 1 saturated carbocycles. The summed E-state index contributed by atoms with van der Waals surface area (Å²) in [5, 5.41) is 3.82. The summed E-state index contributed by atoms with van der Waals surface area (Å²) in [4.78, 5) is 11.6. The van der Waals surface area contributed by atoms with Gasteiger partial charge in [0.25, 0.3) is 0 Å². The number of hydrogen-bond donors (Lipinski definition) is 2. The summed E-state index contributed by atoms with van der Waals surface area (Å²) >= 11 is 1.91. The molecule has 0 radical (unpaired) electrons. The van der Waals surface area contributed by atoms with Crippen molar-refractivity contribution in [1.82, 2.24) is 5.32 Å². The normalized spacial score (nSPS) is 28.5. The molecule has 15 heavy (non-hydrogen) atoms. The number of nitrogens with two attached hydrogens (primary N) is 1. The summed E-state index contributed by atoms with van der Waals surface area (Å²) in [6.07, 6.45) is 6.91. The average molecular weight is 230 g/mol. The van der Waals surface area contributed by atoms with Crippen LogP contribution in [-0.2, 0) is 4.79 Å². The first-order valence-electron chi connectivity index (χ1n) is 5.70. The smallest absolute Gasteiger partial charge is 0.224 e. The van der Waals surface area contributed by atoms with Crippen LogP contribution in [0.3, 0.4) is 0 Å². The van der Waals surface area contributed by atoms with Crippen LogP contribution in [0.4, 0.5) is 0 Å². The number of carbonyl (C=O) groups excluding carboxylic acids is 1. The van der Waals surface area contributed by atoms with E-state index in [-0.39, 0.29) is 11.8 Å². The highest BCUT2D eigenvalue weighted by atomic mass is 32.2. The Hall–Kier alpha value is -0.220. The third-order valence-corrected chi connectivity index (χ3v) is 4.20. The predicted molar refractivity (Wildman–Crippen MR) is 65.9 cm³/mol. The molecule has 1 aliphatic carbocycles. The van der Waals surface area contributed by atoms with Crippen LogP contribution in [0.2, 0.25) is 0 Å². The third-order valence-electron chi connectivity index (χ3n) is 3.11. The van der Waals surface area contributed by atoms with Crippen LogP contribution < -0.4 is 11.1 Å². The zero-order chi connectivity index (χ0) is 11.3. The van der Waals surface area contributed by atoms with E-state index in [9.17, 15) is 4.79 Å². The van der Waals surface area contributed by atoms with Crippen molar-refractivity contribution in [3.05, 3.63) is 0 Å². The molecule has 0 aromatic rings. The van der Waals surface area contributed by atoms with Crippen LogP contribution in [0.5, 0.6) is 0 Å². The van der Waals surface area contributed by atoms with Crippen LogP contribution in [0.1, 0.15) is 32.6 Å². The monoisotopic (exact) mass is 230 g/mol. The van der Waals surface area contributed by atoms with Crippen LogP contribution >= 0.6 is 11.8 Å². The van der Waals surface area contributed by atoms with Gasteiger partial charge in [-0.15, -0.1) is 0 Å². The Morgan fingerprint density at radius 2 is 2.33 bits per heavy atom. The molecule has 1 rings (SSSR count). The number of thioether (sulfide) groups is 1. The first-order valence-corrected chi connectivity index (χ1v) is 6.99. The van der Waals surface area contributed by atoms with Crippen LogP contribution in [0.25, 0.3) is 0 Å². The van der Waals surface area contributed by atoms with E-state index >= 15 is 0 Å². The van der Waals surface area contributed by atoms with Gasteiger partial charge >= 0.3 is 0 Å². The van der Waals surface area contributed by atoms with Gasteiger partial charge in [0.05, 0.1) is 0 Å². The second-order valence-electron chi connectivity index (χ2n) is 4.37. The fraction of sp³-hybridized carbons (Fsp3) is 0.909. The van der Waals surface area contributed by atoms with Gasteiger partial charge in [-0.2, -0.15) is 11.8 Å². The Kier molecular flexibility index (Phi) is 5.47. The van der Waals surface area contributed by atoms with Crippen molar-refractivity contribution >= 4 is 17.7 Å². The van der Waals surface area contributed by atoms with Gasteiger partial charge in [0.15, 0.2) is 0 Å². The molecule has 0 aromatic heterocycles. The Labute approximate surface area is 96.6 Å². The van der Waals surface area contributed by atoms with Gasteiger partial charge in [-0.1, -0.05) is 13.3 Å². The standard InChI is InChI=1S/C11H22N2OS/c1-8(7-12)11(14)13-9-4-3-5-10(6-9)15-2/h8-10H,3-7,12H2,1-2H3,(H,13,14). The molecule has 0 heterocycles. The first kappa shape index (κ1) is 12.8. The molecule has 0 saturated heterocycles. The number of rotatable bonds is 4. The predicted octanol–water partition coefficient (Wildman–Crippen LogP) is 1.37. The van der Waals surface area contributed by atoms with Crippen LogP contribution in [0, 0.1) is 5.92 Å². The fourth-order valence-corrected chi connectivity index (χ4v) is 2.77. The molecule has 3 N–H and O–H groups in total. The summed E-state index contributed by atoms with van der Waals surface area (Å²) in [6, 6.07) is 0.373. The first-order chi connectivity index (χ1) is 7.17. The fourth-order valence-electron chi connectivity index (χ4n) is 1.94. The molecular formula is C11H22N2OS. The van der Waals surface area contributed by atoms with Crippen molar-refractivity contribution in [2.45, 2.75) is 43.9 Å². The minimum absolute atomic E-state index is 0.0559. The van der Waals surface area contributed by atoms with E-state index in [1.807, 2.05) is 18.7 Å². The van der Waals surface area contributed by atoms with Crippen LogP contribution in [-0.4, -0.2) is 30.0 Å². The largest absolute Gasteiger partial charge is 0.353 e. The van der Waals surface area contributed by atoms with Gasteiger partial charge in [0.2, 0.25) is 5.91 Å². The minimum Gasteiger partial charge on any atom is -0.353 e. The molecule has 1 fully saturated rings.